The van der Waals surface area contributed by atoms with Gasteiger partial charge in [-0.25, -0.2) is 9.78 Å². The lowest BCUT2D eigenvalue weighted by atomic mass is 9.84. The molecule has 0 aliphatic heterocycles. The summed E-state index contributed by atoms with van der Waals surface area (Å²) in [7, 11) is -2.75. The van der Waals surface area contributed by atoms with Crippen LogP contribution in [0.5, 0.6) is 0 Å². The summed E-state index contributed by atoms with van der Waals surface area (Å²) in [6, 6.07) is 31.7. The molecule has 3 nitrogen and oxygen atoms in total. The van der Waals surface area contributed by atoms with Crippen LogP contribution in [0.25, 0.3) is 0 Å². The van der Waals surface area contributed by atoms with Gasteiger partial charge in [0.05, 0.1) is 11.2 Å². The minimum absolute atomic E-state index is 0.0967. The lowest BCUT2D eigenvalue weighted by Gasteiger charge is -2.33. The number of hydrogen-bond donors (Lipinski definition) is 1. The fourth-order valence-electron chi connectivity index (χ4n) is 4.30. The zero-order chi connectivity index (χ0) is 26.2. The standard InChI is InChI=1S/C32H40O3Si/c1-7-26(2)32(6,33)25-27(34-35-31(3,4)5)23-24-36(28-17-11-8-12-18-28,29-19-13-9-14-20-29)30-21-15-10-16-22-30/h8-22,26-27,33H,7,25H2,1-6H3. The molecule has 4 heteroatoms. The Morgan fingerprint density at radius 3 is 1.56 bits per heavy atom. The minimum Gasteiger partial charge on any atom is -0.390 e. The fraction of sp³-hybridized carbons (Fsp3) is 0.375. The molecule has 0 aliphatic rings. The topological polar surface area (TPSA) is 38.7 Å². The van der Waals surface area contributed by atoms with Crippen molar-refractivity contribution in [2.75, 3.05) is 0 Å². The predicted molar refractivity (Wildman–Crippen MR) is 152 cm³/mol. The molecule has 190 valence electrons. The molecular formula is C32H40O3Si. The largest absolute Gasteiger partial charge is 0.390 e. The van der Waals surface area contributed by atoms with Crippen molar-refractivity contribution >= 4 is 23.6 Å². The van der Waals surface area contributed by atoms with Crippen LogP contribution in [0.4, 0.5) is 0 Å². The summed E-state index contributed by atoms with van der Waals surface area (Å²) < 4.78 is 0. The van der Waals surface area contributed by atoms with Crippen LogP contribution in [-0.2, 0) is 9.78 Å². The molecule has 3 aromatic rings. The highest BCUT2D eigenvalue weighted by Gasteiger charge is 2.39. The monoisotopic (exact) mass is 500 g/mol. The molecule has 0 saturated carbocycles. The van der Waals surface area contributed by atoms with Crippen molar-refractivity contribution < 1.29 is 14.9 Å². The summed E-state index contributed by atoms with van der Waals surface area (Å²) >= 11 is 0. The number of rotatable bonds is 9. The molecule has 0 heterocycles. The van der Waals surface area contributed by atoms with Crippen molar-refractivity contribution in [2.24, 2.45) is 5.92 Å². The molecule has 0 amide bonds. The highest BCUT2D eigenvalue weighted by atomic mass is 28.3. The second-order valence-corrected chi connectivity index (χ2v) is 14.3. The van der Waals surface area contributed by atoms with E-state index in [-0.39, 0.29) is 5.92 Å². The van der Waals surface area contributed by atoms with Crippen LogP contribution in [0.1, 0.15) is 54.4 Å². The summed E-state index contributed by atoms with van der Waals surface area (Å²) in [6.07, 6.45) is 0.633. The Morgan fingerprint density at radius 2 is 1.19 bits per heavy atom. The van der Waals surface area contributed by atoms with Crippen LogP contribution >= 0.6 is 0 Å². The Bertz CT molecular complexity index is 1030. The molecule has 3 rings (SSSR count). The van der Waals surface area contributed by atoms with Crippen LogP contribution in [0.15, 0.2) is 91.0 Å². The Labute approximate surface area is 218 Å². The Hall–Kier alpha value is -2.68. The molecule has 0 spiro atoms. The van der Waals surface area contributed by atoms with Crippen molar-refractivity contribution in [3.63, 3.8) is 0 Å². The van der Waals surface area contributed by atoms with E-state index in [1.54, 1.807) is 0 Å². The highest BCUT2D eigenvalue weighted by molar-refractivity contribution is 7.16. The zero-order valence-electron chi connectivity index (χ0n) is 22.5. The van der Waals surface area contributed by atoms with Gasteiger partial charge in [-0.2, -0.15) is 0 Å². The molecule has 0 radical (unpaired) electrons. The van der Waals surface area contributed by atoms with E-state index in [1.807, 2.05) is 45.9 Å². The first-order valence-corrected chi connectivity index (χ1v) is 14.8. The van der Waals surface area contributed by atoms with Gasteiger partial charge in [0.2, 0.25) is 8.07 Å². The van der Waals surface area contributed by atoms with Crippen molar-refractivity contribution in [2.45, 2.75) is 71.7 Å². The zero-order valence-corrected chi connectivity index (χ0v) is 23.5. The fourth-order valence-corrected chi connectivity index (χ4v) is 8.19. The molecule has 3 atom stereocenters. The van der Waals surface area contributed by atoms with Gasteiger partial charge in [0.25, 0.3) is 0 Å². The third-order valence-electron chi connectivity index (χ3n) is 6.73. The lowest BCUT2D eigenvalue weighted by molar-refractivity contribution is -0.367. The predicted octanol–water partition coefficient (Wildman–Crippen LogP) is 5.00. The van der Waals surface area contributed by atoms with Crippen LogP contribution in [0.2, 0.25) is 0 Å². The van der Waals surface area contributed by atoms with Gasteiger partial charge in [-0.15, -0.1) is 5.54 Å². The van der Waals surface area contributed by atoms with Crippen molar-refractivity contribution in [1.29, 1.82) is 0 Å². The van der Waals surface area contributed by atoms with Crippen LogP contribution in [0, 0.1) is 17.4 Å². The van der Waals surface area contributed by atoms with Gasteiger partial charge >= 0.3 is 0 Å². The maximum atomic E-state index is 11.3. The normalized spacial score (nSPS) is 15.3. The maximum Gasteiger partial charge on any atom is 0.229 e. The summed E-state index contributed by atoms with van der Waals surface area (Å²) in [5.41, 5.74) is 2.34. The molecule has 0 bridgehead atoms. The van der Waals surface area contributed by atoms with Crippen LogP contribution < -0.4 is 15.6 Å². The quantitative estimate of drug-likeness (QED) is 0.148. The summed E-state index contributed by atoms with van der Waals surface area (Å²) in [5, 5.41) is 14.9. The number of hydrogen-bond acceptors (Lipinski definition) is 3. The first-order chi connectivity index (χ1) is 17.1. The van der Waals surface area contributed by atoms with E-state index in [4.69, 9.17) is 9.78 Å². The van der Waals surface area contributed by atoms with E-state index in [2.05, 4.69) is 98.1 Å². The molecule has 0 fully saturated rings. The summed E-state index contributed by atoms with van der Waals surface area (Å²) in [6.45, 7) is 11.9. The smallest absolute Gasteiger partial charge is 0.229 e. The lowest BCUT2D eigenvalue weighted by Crippen LogP contribution is -2.66. The van der Waals surface area contributed by atoms with E-state index in [0.29, 0.717) is 6.42 Å². The molecule has 0 aromatic heterocycles. The Balaban J connectivity index is 2.20. The van der Waals surface area contributed by atoms with Gasteiger partial charge in [0, 0.05) is 6.42 Å². The third kappa shape index (κ3) is 6.96. The first-order valence-electron chi connectivity index (χ1n) is 12.8. The van der Waals surface area contributed by atoms with E-state index in [0.717, 1.165) is 6.42 Å². The molecule has 0 saturated heterocycles. The Kier molecular flexibility index (Phi) is 9.33. The van der Waals surface area contributed by atoms with E-state index in [1.165, 1.54) is 15.6 Å². The van der Waals surface area contributed by atoms with Crippen molar-refractivity contribution in [3.8, 4) is 11.5 Å². The number of aliphatic hydroxyl groups is 1. The summed E-state index contributed by atoms with van der Waals surface area (Å²) in [4.78, 5) is 11.7. The molecule has 36 heavy (non-hydrogen) atoms. The molecule has 3 aromatic carbocycles. The average Bonchev–Trinajstić information content (AvgIpc) is 2.88. The van der Waals surface area contributed by atoms with E-state index in [9.17, 15) is 5.11 Å². The van der Waals surface area contributed by atoms with Gasteiger partial charge in [-0.1, -0.05) is 117 Å². The average molecular weight is 501 g/mol. The third-order valence-corrected chi connectivity index (χ3v) is 10.8. The highest BCUT2D eigenvalue weighted by Crippen LogP contribution is 2.27. The summed E-state index contributed by atoms with van der Waals surface area (Å²) in [5.74, 6) is 3.56. The SMILES string of the molecule is CCC(C)C(C)(O)CC(C#C[Si](c1ccccc1)(c1ccccc1)c1ccccc1)OOC(C)(C)C. The van der Waals surface area contributed by atoms with Gasteiger partial charge in [-0.3, -0.25) is 0 Å². The maximum absolute atomic E-state index is 11.3. The second-order valence-electron chi connectivity index (χ2n) is 10.8. The minimum atomic E-state index is -2.75. The van der Waals surface area contributed by atoms with Gasteiger partial charge in [-0.05, 0) is 49.2 Å². The van der Waals surface area contributed by atoms with Gasteiger partial charge in [0.1, 0.15) is 0 Å². The molecular weight excluding hydrogens is 460 g/mol. The van der Waals surface area contributed by atoms with Crippen LogP contribution in [-0.4, -0.2) is 30.5 Å². The Morgan fingerprint density at radius 1 is 0.778 bits per heavy atom. The molecule has 3 unspecified atom stereocenters. The second kappa shape index (κ2) is 12.0. The molecule has 0 aliphatic carbocycles. The van der Waals surface area contributed by atoms with E-state index < -0.39 is 25.4 Å². The van der Waals surface area contributed by atoms with E-state index >= 15 is 0 Å². The van der Waals surface area contributed by atoms with Crippen LogP contribution in [0.3, 0.4) is 0 Å². The van der Waals surface area contributed by atoms with Crippen molar-refractivity contribution in [1.82, 2.24) is 0 Å². The number of benzene rings is 3. The van der Waals surface area contributed by atoms with Crippen molar-refractivity contribution in [3.05, 3.63) is 91.0 Å². The van der Waals surface area contributed by atoms with Gasteiger partial charge < -0.3 is 5.11 Å². The molecule has 1 N–H and O–H groups in total. The van der Waals surface area contributed by atoms with Gasteiger partial charge in [0.15, 0.2) is 6.10 Å². The first kappa shape index (κ1) is 27.9.